The molecular formula is C17H23N. The first-order chi connectivity index (χ1) is 8.95. The summed E-state index contributed by atoms with van der Waals surface area (Å²) >= 11 is 0. The lowest BCUT2D eigenvalue weighted by Gasteiger charge is -2.51. The standard InChI is InChI=1S/C17H23N/c1-2-8-14-13(7-1)15-9-3-4-10-16(15)18-12-6-5-11-17(14)18/h5-6,11-12,14,16-17H,1-4,7-10H2. The summed E-state index contributed by atoms with van der Waals surface area (Å²) in [7, 11) is 0. The van der Waals surface area contributed by atoms with Gasteiger partial charge in [-0.2, -0.15) is 0 Å². The summed E-state index contributed by atoms with van der Waals surface area (Å²) in [5.74, 6) is 0.837. The Labute approximate surface area is 110 Å². The molecule has 2 saturated carbocycles. The predicted molar refractivity (Wildman–Crippen MR) is 75.1 cm³/mol. The van der Waals surface area contributed by atoms with E-state index in [1.807, 2.05) is 11.1 Å². The second kappa shape index (κ2) is 4.29. The highest BCUT2D eigenvalue weighted by molar-refractivity contribution is 5.35. The predicted octanol–water partition coefficient (Wildman–Crippen LogP) is 4.18. The van der Waals surface area contributed by atoms with Crippen LogP contribution in [-0.4, -0.2) is 17.0 Å². The molecule has 18 heavy (non-hydrogen) atoms. The maximum atomic E-state index is 2.69. The molecule has 0 aromatic carbocycles. The minimum Gasteiger partial charge on any atom is -0.364 e. The molecule has 2 heterocycles. The van der Waals surface area contributed by atoms with Crippen LogP contribution < -0.4 is 0 Å². The zero-order chi connectivity index (χ0) is 11.9. The van der Waals surface area contributed by atoms with Gasteiger partial charge in [0.2, 0.25) is 0 Å². The summed E-state index contributed by atoms with van der Waals surface area (Å²) < 4.78 is 0. The maximum absolute atomic E-state index is 2.69. The average molecular weight is 241 g/mol. The van der Waals surface area contributed by atoms with Crippen LogP contribution in [0.4, 0.5) is 0 Å². The molecular weight excluding hydrogens is 218 g/mol. The fraction of sp³-hybridized carbons (Fsp3) is 0.647. The Morgan fingerprint density at radius 1 is 0.889 bits per heavy atom. The van der Waals surface area contributed by atoms with Gasteiger partial charge in [0.05, 0.1) is 12.1 Å². The van der Waals surface area contributed by atoms with E-state index in [4.69, 9.17) is 0 Å². The topological polar surface area (TPSA) is 3.24 Å². The Bertz CT molecular complexity index is 389. The fourth-order valence-corrected chi connectivity index (χ4v) is 4.69. The zero-order valence-corrected chi connectivity index (χ0v) is 11.1. The Morgan fingerprint density at radius 3 is 2.67 bits per heavy atom. The molecule has 2 aliphatic heterocycles. The van der Waals surface area contributed by atoms with Crippen molar-refractivity contribution in [3.05, 3.63) is 35.6 Å². The van der Waals surface area contributed by atoms with Crippen LogP contribution in [0.15, 0.2) is 35.6 Å². The highest BCUT2D eigenvalue weighted by Crippen LogP contribution is 2.47. The van der Waals surface area contributed by atoms with Gasteiger partial charge in [-0.15, -0.1) is 0 Å². The number of hydrogen-bond donors (Lipinski definition) is 0. The third kappa shape index (κ3) is 1.52. The van der Waals surface area contributed by atoms with E-state index in [9.17, 15) is 0 Å². The van der Waals surface area contributed by atoms with Crippen molar-refractivity contribution in [3.8, 4) is 0 Å². The molecule has 0 N–H and O–H groups in total. The SMILES string of the molecule is C1=CC2C3CCCCC3=C3CCCCC3N2C=C1. The minimum atomic E-state index is 0.678. The number of rotatable bonds is 0. The third-order valence-corrected chi connectivity index (χ3v) is 5.44. The van der Waals surface area contributed by atoms with Gasteiger partial charge < -0.3 is 4.90 Å². The molecule has 96 valence electrons. The van der Waals surface area contributed by atoms with Gasteiger partial charge in [-0.1, -0.05) is 30.6 Å². The van der Waals surface area contributed by atoms with Crippen molar-refractivity contribution in [2.45, 2.75) is 63.5 Å². The van der Waals surface area contributed by atoms with Crippen molar-refractivity contribution >= 4 is 0 Å². The van der Waals surface area contributed by atoms with Crippen LogP contribution in [0.25, 0.3) is 0 Å². The van der Waals surface area contributed by atoms with E-state index in [0.29, 0.717) is 6.04 Å². The summed E-state index contributed by atoms with van der Waals surface area (Å²) in [6.45, 7) is 0. The Kier molecular flexibility index (Phi) is 2.60. The molecule has 0 amide bonds. The summed E-state index contributed by atoms with van der Waals surface area (Å²) in [6.07, 6.45) is 20.7. The van der Waals surface area contributed by atoms with Gasteiger partial charge in [0, 0.05) is 12.1 Å². The Morgan fingerprint density at radius 2 is 1.72 bits per heavy atom. The van der Waals surface area contributed by atoms with Gasteiger partial charge in [0.1, 0.15) is 0 Å². The summed E-state index contributed by atoms with van der Waals surface area (Å²) in [4.78, 5) is 2.69. The number of nitrogens with zero attached hydrogens (tertiary/aromatic N) is 1. The van der Waals surface area contributed by atoms with Crippen LogP contribution in [-0.2, 0) is 0 Å². The molecule has 4 rings (SSSR count). The molecule has 1 heteroatoms. The molecule has 0 radical (unpaired) electrons. The average Bonchev–Trinajstić information content (AvgIpc) is 2.48. The van der Waals surface area contributed by atoms with Gasteiger partial charge in [0.15, 0.2) is 0 Å². The van der Waals surface area contributed by atoms with Crippen LogP contribution in [0.5, 0.6) is 0 Å². The highest BCUT2D eigenvalue weighted by Gasteiger charge is 2.41. The van der Waals surface area contributed by atoms with Crippen LogP contribution >= 0.6 is 0 Å². The van der Waals surface area contributed by atoms with E-state index in [2.05, 4.69) is 29.3 Å². The monoisotopic (exact) mass is 241 g/mol. The number of fused-ring (bicyclic) bond motifs is 5. The summed E-state index contributed by atoms with van der Waals surface area (Å²) in [5, 5.41) is 0. The summed E-state index contributed by atoms with van der Waals surface area (Å²) in [5.41, 5.74) is 3.73. The maximum Gasteiger partial charge on any atom is 0.0542 e. The largest absolute Gasteiger partial charge is 0.364 e. The molecule has 0 bridgehead atoms. The van der Waals surface area contributed by atoms with Crippen molar-refractivity contribution in [2.75, 3.05) is 0 Å². The molecule has 0 spiro atoms. The summed E-state index contributed by atoms with van der Waals surface area (Å²) in [6, 6.07) is 1.42. The zero-order valence-electron chi connectivity index (χ0n) is 11.1. The van der Waals surface area contributed by atoms with Gasteiger partial charge in [0.25, 0.3) is 0 Å². The Hall–Kier alpha value is -0.980. The normalized spacial score (nSPS) is 38.2. The number of hydrogen-bond acceptors (Lipinski definition) is 1. The minimum absolute atomic E-state index is 0.678. The lowest BCUT2D eigenvalue weighted by atomic mass is 9.69. The van der Waals surface area contributed by atoms with E-state index in [1.165, 1.54) is 51.4 Å². The molecule has 0 aromatic rings. The van der Waals surface area contributed by atoms with Gasteiger partial charge in [-0.05, 0) is 50.2 Å². The van der Waals surface area contributed by atoms with Crippen LogP contribution in [0.2, 0.25) is 0 Å². The smallest absolute Gasteiger partial charge is 0.0542 e. The van der Waals surface area contributed by atoms with Crippen molar-refractivity contribution in [3.63, 3.8) is 0 Å². The van der Waals surface area contributed by atoms with Crippen molar-refractivity contribution < 1.29 is 0 Å². The Balaban J connectivity index is 1.80. The fourth-order valence-electron chi connectivity index (χ4n) is 4.69. The highest BCUT2D eigenvalue weighted by atomic mass is 15.2. The first-order valence-electron chi connectivity index (χ1n) is 7.79. The van der Waals surface area contributed by atoms with Crippen LogP contribution in [0, 0.1) is 5.92 Å². The lowest BCUT2D eigenvalue weighted by molar-refractivity contribution is 0.151. The molecule has 0 aromatic heterocycles. The second-order valence-corrected chi connectivity index (χ2v) is 6.33. The second-order valence-electron chi connectivity index (χ2n) is 6.33. The lowest BCUT2D eigenvalue weighted by Crippen LogP contribution is -2.50. The molecule has 1 nitrogen and oxygen atoms in total. The molecule has 4 aliphatic rings. The van der Waals surface area contributed by atoms with E-state index in [-0.39, 0.29) is 0 Å². The van der Waals surface area contributed by atoms with Crippen molar-refractivity contribution in [2.24, 2.45) is 5.92 Å². The first kappa shape index (κ1) is 10.9. The van der Waals surface area contributed by atoms with Crippen molar-refractivity contribution in [1.29, 1.82) is 0 Å². The van der Waals surface area contributed by atoms with Crippen molar-refractivity contribution in [1.82, 2.24) is 4.90 Å². The van der Waals surface area contributed by atoms with E-state index in [1.54, 1.807) is 0 Å². The molecule has 2 aliphatic carbocycles. The quantitative estimate of drug-likeness (QED) is 0.575. The molecule has 2 fully saturated rings. The van der Waals surface area contributed by atoms with Gasteiger partial charge in [-0.3, -0.25) is 0 Å². The molecule has 3 atom stereocenters. The van der Waals surface area contributed by atoms with Crippen LogP contribution in [0.1, 0.15) is 51.4 Å². The molecule has 0 saturated heterocycles. The van der Waals surface area contributed by atoms with Gasteiger partial charge >= 0.3 is 0 Å². The van der Waals surface area contributed by atoms with E-state index >= 15 is 0 Å². The van der Waals surface area contributed by atoms with E-state index in [0.717, 1.165) is 12.0 Å². The first-order valence-corrected chi connectivity index (χ1v) is 7.79. The van der Waals surface area contributed by atoms with Crippen LogP contribution in [0.3, 0.4) is 0 Å². The van der Waals surface area contributed by atoms with Gasteiger partial charge in [-0.25, -0.2) is 0 Å². The van der Waals surface area contributed by atoms with E-state index < -0.39 is 0 Å². The molecule has 3 unspecified atom stereocenters. The number of allylic oxidation sites excluding steroid dienone is 2. The third-order valence-electron chi connectivity index (χ3n) is 5.44.